The quantitative estimate of drug-likeness (QED) is 0.0320. The third-order valence-electron chi connectivity index (χ3n) is 15.2. The summed E-state index contributed by atoms with van der Waals surface area (Å²) >= 11 is 0. The first-order chi connectivity index (χ1) is 36.0. The lowest BCUT2D eigenvalue weighted by Gasteiger charge is -2.20. The number of rotatable bonds is 61. The topological polar surface area (TPSA) is 95.9 Å². The summed E-state index contributed by atoms with van der Waals surface area (Å²) in [6.07, 6.45) is 79.0. The molecule has 430 valence electrons. The molecule has 6 heteroatoms. The van der Waals surface area contributed by atoms with Crippen LogP contribution in [0.3, 0.4) is 0 Å². The fourth-order valence-electron chi connectivity index (χ4n) is 10.1. The predicted octanol–water partition coefficient (Wildman–Crippen LogP) is 20.8. The molecule has 0 spiro atoms. The number of hydrogen-bond donors (Lipinski definition) is 3. The van der Waals surface area contributed by atoms with E-state index in [1.165, 1.54) is 263 Å². The number of unbranched alkanes of at least 4 members (excludes halogenated alkanes) is 46. The van der Waals surface area contributed by atoms with E-state index in [0.29, 0.717) is 19.4 Å². The van der Waals surface area contributed by atoms with Gasteiger partial charge in [0, 0.05) is 12.8 Å². The molecule has 0 aromatic rings. The van der Waals surface area contributed by atoms with Crippen molar-refractivity contribution < 1.29 is 24.5 Å². The second kappa shape index (κ2) is 62.6. The predicted molar refractivity (Wildman–Crippen MR) is 319 cm³/mol. The molecule has 0 aromatic carbocycles. The number of carbonyl (C=O) groups is 2. The van der Waals surface area contributed by atoms with E-state index in [1.54, 1.807) is 6.08 Å². The van der Waals surface area contributed by atoms with Crippen molar-refractivity contribution in [1.82, 2.24) is 5.32 Å². The van der Waals surface area contributed by atoms with Crippen LogP contribution in [0, 0.1) is 0 Å². The Morgan fingerprint density at radius 1 is 0.384 bits per heavy atom. The summed E-state index contributed by atoms with van der Waals surface area (Å²) in [5.41, 5.74) is 0. The van der Waals surface area contributed by atoms with E-state index < -0.39 is 12.1 Å². The zero-order chi connectivity index (χ0) is 52.9. The maximum atomic E-state index is 12.5. The Bertz CT molecular complexity index is 1180. The zero-order valence-electron chi connectivity index (χ0n) is 49.1. The monoisotopic (exact) mass is 1030 g/mol. The third kappa shape index (κ3) is 59.2. The maximum Gasteiger partial charge on any atom is 0.305 e. The number of aliphatic hydroxyl groups is 2. The van der Waals surface area contributed by atoms with Crippen LogP contribution in [0.4, 0.5) is 0 Å². The molecule has 0 radical (unpaired) electrons. The zero-order valence-corrected chi connectivity index (χ0v) is 49.1. The Labute approximate surface area is 455 Å². The molecular weight excluding hydrogens is 899 g/mol. The minimum Gasteiger partial charge on any atom is -0.466 e. The largest absolute Gasteiger partial charge is 0.466 e. The third-order valence-corrected chi connectivity index (χ3v) is 15.2. The van der Waals surface area contributed by atoms with Gasteiger partial charge in [-0.25, -0.2) is 0 Å². The molecule has 1 amide bonds. The lowest BCUT2D eigenvalue weighted by atomic mass is 10.0. The van der Waals surface area contributed by atoms with Gasteiger partial charge in [0.05, 0.1) is 25.4 Å². The summed E-state index contributed by atoms with van der Waals surface area (Å²) in [6, 6.07) is -0.642. The fraction of sp³-hybridized carbons (Fsp3) is 0.881. The van der Waals surface area contributed by atoms with E-state index in [9.17, 15) is 19.8 Å². The number of allylic oxidation sites excluding steroid dienone is 5. The molecule has 0 aliphatic rings. The number of esters is 1. The van der Waals surface area contributed by atoms with Crippen molar-refractivity contribution >= 4 is 11.9 Å². The van der Waals surface area contributed by atoms with E-state index in [4.69, 9.17) is 4.74 Å². The summed E-state index contributed by atoms with van der Waals surface area (Å²) in [4.78, 5) is 24.6. The molecule has 0 bridgehead atoms. The van der Waals surface area contributed by atoms with Gasteiger partial charge >= 0.3 is 5.97 Å². The summed E-state index contributed by atoms with van der Waals surface area (Å²) in [6.45, 7) is 4.87. The highest BCUT2D eigenvalue weighted by Gasteiger charge is 2.18. The molecule has 3 N–H and O–H groups in total. The van der Waals surface area contributed by atoms with Crippen LogP contribution < -0.4 is 5.32 Å². The Morgan fingerprint density at radius 2 is 0.685 bits per heavy atom. The van der Waals surface area contributed by atoms with Crippen molar-refractivity contribution in [2.45, 2.75) is 366 Å². The second-order valence-corrected chi connectivity index (χ2v) is 22.5. The minimum atomic E-state index is -0.857. The molecule has 0 aliphatic heterocycles. The lowest BCUT2D eigenvalue weighted by molar-refractivity contribution is -0.143. The van der Waals surface area contributed by atoms with Crippen LogP contribution in [-0.2, 0) is 14.3 Å². The highest BCUT2D eigenvalue weighted by atomic mass is 16.5. The number of nitrogens with one attached hydrogen (secondary N) is 1. The average molecular weight is 1030 g/mol. The van der Waals surface area contributed by atoms with Gasteiger partial charge in [0.1, 0.15) is 0 Å². The van der Waals surface area contributed by atoms with Crippen molar-refractivity contribution in [2.75, 3.05) is 13.2 Å². The van der Waals surface area contributed by atoms with Crippen molar-refractivity contribution in [2.24, 2.45) is 0 Å². The molecule has 0 saturated heterocycles. The molecular formula is C67H127NO5. The highest BCUT2D eigenvalue weighted by molar-refractivity contribution is 5.76. The van der Waals surface area contributed by atoms with E-state index in [1.807, 2.05) is 6.08 Å². The SMILES string of the molecule is CCCCC/C=C\C/C=C\CCCCCCCCCCCC(=O)OCCCCCCCCCCCCCCC(=O)NC(CO)C(O)/C=C/CCCCCCCCCCCCCCCCCCCCCCCCC. The minimum absolute atomic E-state index is 0.0137. The number of carbonyl (C=O) groups excluding carboxylic acids is 2. The summed E-state index contributed by atoms with van der Waals surface area (Å²) in [5.74, 6) is -0.0940. The van der Waals surface area contributed by atoms with Crippen molar-refractivity contribution in [1.29, 1.82) is 0 Å². The first-order valence-electron chi connectivity index (χ1n) is 32.8. The van der Waals surface area contributed by atoms with Crippen LogP contribution in [-0.4, -0.2) is 47.4 Å². The number of hydrogen-bond acceptors (Lipinski definition) is 5. The Balaban J connectivity index is 3.47. The van der Waals surface area contributed by atoms with Gasteiger partial charge in [0.15, 0.2) is 0 Å². The Kier molecular flexibility index (Phi) is 61.0. The molecule has 0 heterocycles. The van der Waals surface area contributed by atoms with Gasteiger partial charge in [-0.3, -0.25) is 9.59 Å². The van der Waals surface area contributed by atoms with E-state index in [0.717, 1.165) is 64.2 Å². The van der Waals surface area contributed by atoms with Crippen LogP contribution >= 0.6 is 0 Å². The molecule has 6 nitrogen and oxygen atoms in total. The number of amides is 1. The Hall–Kier alpha value is -1.92. The van der Waals surface area contributed by atoms with Crippen molar-refractivity contribution in [3.8, 4) is 0 Å². The summed E-state index contributed by atoms with van der Waals surface area (Å²) < 4.78 is 5.49. The molecule has 73 heavy (non-hydrogen) atoms. The normalized spacial score (nSPS) is 12.8. The van der Waals surface area contributed by atoms with Crippen LogP contribution in [0.2, 0.25) is 0 Å². The van der Waals surface area contributed by atoms with E-state index in [2.05, 4.69) is 43.5 Å². The number of ether oxygens (including phenoxy) is 1. The average Bonchev–Trinajstić information content (AvgIpc) is 3.39. The van der Waals surface area contributed by atoms with Gasteiger partial charge in [0.25, 0.3) is 0 Å². The van der Waals surface area contributed by atoms with Crippen LogP contribution in [0.1, 0.15) is 354 Å². The number of aliphatic hydroxyl groups excluding tert-OH is 2. The van der Waals surface area contributed by atoms with Gasteiger partial charge in [-0.1, -0.05) is 314 Å². The van der Waals surface area contributed by atoms with Gasteiger partial charge in [-0.15, -0.1) is 0 Å². The smallest absolute Gasteiger partial charge is 0.305 e. The fourth-order valence-corrected chi connectivity index (χ4v) is 10.1. The summed E-state index contributed by atoms with van der Waals surface area (Å²) in [5, 5.41) is 23.2. The van der Waals surface area contributed by atoms with Crippen molar-refractivity contribution in [3.63, 3.8) is 0 Å². The van der Waals surface area contributed by atoms with Gasteiger partial charge in [-0.2, -0.15) is 0 Å². The molecule has 0 aliphatic carbocycles. The van der Waals surface area contributed by atoms with Gasteiger partial charge in [0.2, 0.25) is 5.91 Å². The van der Waals surface area contributed by atoms with Gasteiger partial charge in [-0.05, 0) is 64.2 Å². The summed E-state index contributed by atoms with van der Waals surface area (Å²) in [7, 11) is 0. The van der Waals surface area contributed by atoms with E-state index in [-0.39, 0.29) is 18.5 Å². The molecule has 0 aromatic heterocycles. The molecule has 2 unspecified atom stereocenters. The van der Waals surface area contributed by atoms with E-state index >= 15 is 0 Å². The molecule has 0 rings (SSSR count). The lowest BCUT2D eigenvalue weighted by Crippen LogP contribution is -2.45. The first kappa shape index (κ1) is 71.1. The second-order valence-electron chi connectivity index (χ2n) is 22.5. The van der Waals surface area contributed by atoms with Crippen molar-refractivity contribution in [3.05, 3.63) is 36.5 Å². The molecule has 2 atom stereocenters. The maximum absolute atomic E-state index is 12.5. The standard InChI is InChI=1S/C67H127NO5/c1-3-5-7-9-11-13-15-17-19-21-23-24-25-26-27-28-30-31-33-35-39-43-47-51-55-59-65(70)64(63-69)68-66(71)60-56-52-48-44-40-37-38-42-46-50-54-58-62-73-67(72)61-57-53-49-45-41-36-34-32-29-22-20-18-16-14-12-10-8-6-4-2/h12,14,18,20,55,59,64-65,69-70H,3-11,13,15-17,19,21-54,56-58,60-63H2,1-2H3,(H,68,71)/b14-12-,20-18-,59-55+. The van der Waals surface area contributed by atoms with Crippen LogP contribution in [0.25, 0.3) is 0 Å². The Morgan fingerprint density at radius 3 is 1.07 bits per heavy atom. The van der Waals surface area contributed by atoms with Gasteiger partial charge < -0.3 is 20.3 Å². The highest BCUT2D eigenvalue weighted by Crippen LogP contribution is 2.18. The molecule has 0 fully saturated rings. The first-order valence-corrected chi connectivity index (χ1v) is 32.8. The van der Waals surface area contributed by atoms with Crippen LogP contribution in [0.15, 0.2) is 36.5 Å². The molecule has 0 saturated carbocycles. The van der Waals surface area contributed by atoms with Crippen LogP contribution in [0.5, 0.6) is 0 Å².